The van der Waals surface area contributed by atoms with E-state index in [2.05, 4.69) is 16.0 Å². The Bertz CT molecular complexity index is 1270. The zero-order valence-electron chi connectivity index (χ0n) is 17.7. The third-order valence-corrected chi connectivity index (χ3v) is 5.65. The minimum Gasteiger partial charge on any atom is -0.356 e. The summed E-state index contributed by atoms with van der Waals surface area (Å²) in [5, 5.41) is 8.54. The second-order valence-electron chi connectivity index (χ2n) is 7.27. The Morgan fingerprint density at radius 3 is 2.18 bits per heavy atom. The van der Waals surface area contributed by atoms with Crippen LogP contribution >= 0.6 is 23.8 Å². The molecule has 1 atom stereocenters. The molecule has 34 heavy (non-hydrogen) atoms. The van der Waals surface area contributed by atoms with Crippen LogP contribution in [0.1, 0.15) is 34.5 Å². The van der Waals surface area contributed by atoms with Crippen LogP contribution in [-0.4, -0.2) is 11.0 Å². The number of hydrogen-bond donors (Lipinski definition) is 3. The Kier molecular flexibility index (Phi) is 7.73. The normalized spacial score (nSPS) is 11.6. The van der Waals surface area contributed by atoms with E-state index in [4.69, 9.17) is 23.8 Å². The van der Waals surface area contributed by atoms with Crippen LogP contribution in [0.15, 0.2) is 42.5 Å². The Morgan fingerprint density at radius 1 is 0.912 bits per heavy atom. The number of rotatable bonds is 5. The van der Waals surface area contributed by atoms with Gasteiger partial charge in [-0.15, -0.1) is 0 Å². The van der Waals surface area contributed by atoms with Gasteiger partial charge in [-0.3, -0.25) is 4.79 Å². The molecule has 3 aromatic carbocycles. The summed E-state index contributed by atoms with van der Waals surface area (Å²) in [7, 11) is 0. The number of amides is 1. The SMILES string of the molecule is Cc1c(NC(=S)NC(C)c2ccc(F)cc2)ccc(NC(=O)c2cc(F)c(F)c(F)c2F)c1Cl. The topological polar surface area (TPSA) is 53.2 Å². The molecule has 0 aromatic heterocycles. The largest absolute Gasteiger partial charge is 0.356 e. The molecule has 0 radical (unpaired) electrons. The minimum absolute atomic E-state index is 0.0258. The number of hydrogen-bond acceptors (Lipinski definition) is 2. The van der Waals surface area contributed by atoms with Crippen LogP contribution in [-0.2, 0) is 0 Å². The predicted molar refractivity (Wildman–Crippen MR) is 125 cm³/mol. The lowest BCUT2D eigenvalue weighted by Crippen LogP contribution is -2.31. The van der Waals surface area contributed by atoms with Gasteiger partial charge < -0.3 is 16.0 Å². The highest BCUT2D eigenvalue weighted by Crippen LogP contribution is 2.32. The van der Waals surface area contributed by atoms with Gasteiger partial charge in [0.15, 0.2) is 28.4 Å². The average Bonchev–Trinajstić information content (AvgIpc) is 2.80. The van der Waals surface area contributed by atoms with Crippen LogP contribution in [0.5, 0.6) is 0 Å². The number of halogens is 6. The maximum absolute atomic E-state index is 13.9. The molecule has 0 saturated carbocycles. The third-order valence-electron chi connectivity index (χ3n) is 4.95. The van der Waals surface area contributed by atoms with Gasteiger partial charge in [0.05, 0.1) is 22.3 Å². The average molecular weight is 514 g/mol. The summed E-state index contributed by atoms with van der Waals surface area (Å²) >= 11 is 11.6. The summed E-state index contributed by atoms with van der Waals surface area (Å²) in [6.45, 7) is 3.45. The summed E-state index contributed by atoms with van der Waals surface area (Å²) in [5.74, 6) is -9.22. The van der Waals surface area contributed by atoms with E-state index in [0.29, 0.717) is 11.3 Å². The van der Waals surface area contributed by atoms with Crippen molar-refractivity contribution in [2.24, 2.45) is 0 Å². The molecular weight excluding hydrogens is 497 g/mol. The standard InChI is InChI=1S/C23H17ClF5N3OS/c1-10-16(32-23(34)30-11(2)12-3-5-13(25)6-4-12)7-8-17(18(10)24)31-22(33)14-9-15(26)20(28)21(29)19(14)27/h3-9,11H,1-2H3,(H,31,33)(H2,30,32,34). The molecule has 0 fully saturated rings. The van der Waals surface area contributed by atoms with Crippen LogP contribution in [0.25, 0.3) is 0 Å². The van der Waals surface area contributed by atoms with E-state index in [9.17, 15) is 26.7 Å². The molecular formula is C23H17ClF5N3OS. The minimum atomic E-state index is -2.09. The molecule has 3 N–H and O–H groups in total. The summed E-state index contributed by atoms with van der Waals surface area (Å²) in [6, 6.07) is 8.83. The summed E-state index contributed by atoms with van der Waals surface area (Å²) < 4.78 is 67.0. The van der Waals surface area contributed by atoms with Crippen molar-refractivity contribution in [1.82, 2.24) is 5.32 Å². The van der Waals surface area contributed by atoms with Crippen molar-refractivity contribution in [3.8, 4) is 0 Å². The first-order valence-corrected chi connectivity index (χ1v) is 10.5. The van der Waals surface area contributed by atoms with Gasteiger partial charge in [0.25, 0.3) is 5.91 Å². The fraction of sp³-hybridized carbons (Fsp3) is 0.130. The van der Waals surface area contributed by atoms with E-state index >= 15 is 0 Å². The van der Waals surface area contributed by atoms with Crippen molar-refractivity contribution < 1.29 is 26.7 Å². The van der Waals surface area contributed by atoms with Crippen molar-refractivity contribution in [2.45, 2.75) is 19.9 Å². The molecule has 0 heterocycles. The number of anilines is 2. The number of thiocarbonyl (C=S) groups is 1. The molecule has 3 rings (SSSR count). The van der Waals surface area contributed by atoms with Crippen LogP contribution in [0.4, 0.5) is 33.3 Å². The van der Waals surface area contributed by atoms with Crippen LogP contribution in [0.2, 0.25) is 5.02 Å². The van der Waals surface area contributed by atoms with E-state index in [1.54, 1.807) is 19.1 Å². The Labute approximate surface area is 202 Å². The van der Waals surface area contributed by atoms with Gasteiger partial charge in [-0.05, 0) is 67.5 Å². The van der Waals surface area contributed by atoms with Crippen molar-refractivity contribution in [1.29, 1.82) is 0 Å². The first-order valence-electron chi connectivity index (χ1n) is 9.76. The van der Waals surface area contributed by atoms with E-state index in [1.807, 2.05) is 6.92 Å². The maximum Gasteiger partial charge on any atom is 0.258 e. The van der Waals surface area contributed by atoms with Gasteiger partial charge in [-0.25, -0.2) is 22.0 Å². The molecule has 0 aliphatic heterocycles. The van der Waals surface area contributed by atoms with Crippen LogP contribution in [0.3, 0.4) is 0 Å². The van der Waals surface area contributed by atoms with Gasteiger partial charge in [0, 0.05) is 5.69 Å². The molecule has 0 aliphatic rings. The predicted octanol–water partition coefficient (Wildman–Crippen LogP) is 6.64. The molecule has 4 nitrogen and oxygen atoms in total. The van der Waals surface area contributed by atoms with E-state index in [1.165, 1.54) is 24.3 Å². The molecule has 0 aliphatic carbocycles. The highest BCUT2D eigenvalue weighted by Gasteiger charge is 2.24. The molecule has 0 spiro atoms. The molecule has 1 unspecified atom stereocenters. The van der Waals surface area contributed by atoms with Gasteiger partial charge in [0.1, 0.15) is 5.82 Å². The smallest absolute Gasteiger partial charge is 0.258 e. The van der Waals surface area contributed by atoms with E-state index < -0.39 is 34.7 Å². The highest BCUT2D eigenvalue weighted by molar-refractivity contribution is 7.80. The highest BCUT2D eigenvalue weighted by atomic mass is 35.5. The third kappa shape index (κ3) is 5.45. The van der Waals surface area contributed by atoms with Crippen LogP contribution in [0, 0.1) is 36.0 Å². The van der Waals surface area contributed by atoms with Crippen molar-refractivity contribution >= 4 is 46.2 Å². The molecule has 3 aromatic rings. The van der Waals surface area contributed by atoms with Gasteiger partial charge in [-0.1, -0.05) is 23.7 Å². The summed E-state index contributed by atoms with van der Waals surface area (Å²) in [5.41, 5.74) is 0.747. The lowest BCUT2D eigenvalue weighted by molar-refractivity contribution is 0.102. The second-order valence-corrected chi connectivity index (χ2v) is 8.06. The zero-order valence-corrected chi connectivity index (χ0v) is 19.3. The first kappa shape index (κ1) is 25.4. The van der Waals surface area contributed by atoms with Crippen molar-refractivity contribution in [3.63, 3.8) is 0 Å². The van der Waals surface area contributed by atoms with E-state index in [-0.39, 0.29) is 33.7 Å². The molecule has 178 valence electrons. The fourth-order valence-corrected chi connectivity index (χ4v) is 3.53. The van der Waals surface area contributed by atoms with Gasteiger partial charge in [-0.2, -0.15) is 0 Å². The summed E-state index contributed by atoms with van der Waals surface area (Å²) in [4.78, 5) is 12.3. The quantitative estimate of drug-likeness (QED) is 0.155. The number of carbonyl (C=O) groups excluding carboxylic acids is 1. The van der Waals surface area contributed by atoms with E-state index in [0.717, 1.165) is 5.56 Å². The molecule has 0 saturated heterocycles. The second kappa shape index (κ2) is 10.4. The van der Waals surface area contributed by atoms with Gasteiger partial charge >= 0.3 is 0 Å². The van der Waals surface area contributed by atoms with Gasteiger partial charge in [0.2, 0.25) is 0 Å². The lowest BCUT2D eigenvalue weighted by atomic mass is 10.1. The van der Waals surface area contributed by atoms with Crippen LogP contribution < -0.4 is 16.0 Å². The lowest BCUT2D eigenvalue weighted by Gasteiger charge is -2.19. The number of carbonyl (C=O) groups is 1. The number of benzene rings is 3. The Hall–Kier alpha value is -3.24. The Morgan fingerprint density at radius 2 is 1.53 bits per heavy atom. The first-order chi connectivity index (χ1) is 16.0. The summed E-state index contributed by atoms with van der Waals surface area (Å²) in [6.07, 6.45) is 0. The Balaban J connectivity index is 1.73. The molecule has 1 amide bonds. The monoisotopic (exact) mass is 513 g/mol. The number of nitrogens with one attached hydrogen (secondary N) is 3. The molecule has 0 bridgehead atoms. The maximum atomic E-state index is 13.9. The fourth-order valence-electron chi connectivity index (χ4n) is 3.03. The van der Waals surface area contributed by atoms with Crippen molar-refractivity contribution in [3.05, 3.63) is 93.3 Å². The van der Waals surface area contributed by atoms with Crippen molar-refractivity contribution in [2.75, 3.05) is 10.6 Å². The molecule has 11 heteroatoms. The zero-order chi connectivity index (χ0) is 25.2.